The molecular weight excluding hydrogens is 298 g/mol. The number of hydrogen-bond acceptors (Lipinski definition) is 6. The highest BCUT2D eigenvalue weighted by atomic mass is 16.3. The van der Waals surface area contributed by atoms with Crippen LogP contribution >= 0.6 is 0 Å². The van der Waals surface area contributed by atoms with Crippen molar-refractivity contribution < 1.29 is 15.0 Å². The van der Waals surface area contributed by atoms with E-state index >= 15 is 0 Å². The van der Waals surface area contributed by atoms with Gasteiger partial charge in [-0.1, -0.05) is 0 Å². The van der Waals surface area contributed by atoms with Gasteiger partial charge in [0.15, 0.2) is 5.82 Å². The van der Waals surface area contributed by atoms with E-state index in [1.165, 1.54) is 0 Å². The zero-order chi connectivity index (χ0) is 16.7. The Kier molecular flexibility index (Phi) is 5.84. The van der Waals surface area contributed by atoms with E-state index in [2.05, 4.69) is 25.9 Å². The summed E-state index contributed by atoms with van der Waals surface area (Å²) < 4.78 is 0. The standard InChI is InChI=1S/C15H19N5O3/c1-16-15(23)19-11-4-2-10(3-5-11)14-18-12(9-22)8-13(20-14)17-6-7-21/h2-5,8,21-22H,6-7,9H2,1H3,(H2,16,19,23)(H,17,18,20). The second-order valence-electron chi connectivity index (χ2n) is 4.66. The second-order valence-corrected chi connectivity index (χ2v) is 4.66. The summed E-state index contributed by atoms with van der Waals surface area (Å²) in [6.07, 6.45) is 0. The van der Waals surface area contributed by atoms with Crippen LogP contribution in [-0.2, 0) is 6.61 Å². The molecule has 1 aromatic heterocycles. The van der Waals surface area contributed by atoms with Crippen molar-refractivity contribution in [3.05, 3.63) is 36.0 Å². The highest BCUT2D eigenvalue weighted by Gasteiger charge is 2.07. The van der Waals surface area contributed by atoms with Crippen molar-refractivity contribution in [2.24, 2.45) is 0 Å². The van der Waals surface area contributed by atoms with Gasteiger partial charge >= 0.3 is 6.03 Å². The van der Waals surface area contributed by atoms with Gasteiger partial charge in [-0.2, -0.15) is 0 Å². The first kappa shape index (κ1) is 16.7. The molecule has 2 rings (SSSR count). The molecule has 2 amide bonds. The number of amides is 2. The fourth-order valence-corrected chi connectivity index (χ4v) is 1.88. The number of aliphatic hydroxyl groups is 2. The van der Waals surface area contributed by atoms with Gasteiger partial charge in [-0.3, -0.25) is 0 Å². The maximum absolute atomic E-state index is 11.3. The lowest BCUT2D eigenvalue weighted by Gasteiger charge is -2.09. The minimum absolute atomic E-state index is 0.0202. The Morgan fingerprint density at radius 1 is 1.17 bits per heavy atom. The molecule has 0 saturated heterocycles. The van der Waals surface area contributed by atoms with Crippen molar-refractivity contribution in [3.8, 4) is 11.4 Å². The van der Waals surface area contributed by atoms with E-state index in [4.69, 9.17) is 5.11 Å². The number of carbonyl (C=O) groups excluding carboxylic acids is 1. The fourth-order valence-electron chi connectivity index (χ4n) is 1.88. The van der Waals surface area contributed by atoms with Gasteiger partial charge in [0.05, 0.1) is 18.9 Å². The van der Waals surface area contributed by atoms with Crippen LogP contribution in [0.5, 0.6) is 0 Å². The first-order chi connectivity index (χ1) is 11.2. The van der Waals surface area contributed by atoms with E-state index in [0.29, 0.717) is 29.6 Å². The minimum atomic E-state index is -0.299. The Bertz CT molecular complexity index is 661. The normalized spacial score (nSPS) is 10.2. The molecule has 8 nitrogen and oxygen atoms in total. The average molecular weight is 317 g/mol. The van der Waals surface area contributed by atoms with Crippen molar-refractivity contribution in [2.75, 3.05) is 30.8 Å². The molecular formula is C15H19N5O3. The summed E-state index contributed by atoms with van der Waals surface area (Å²) >= 11 is 0. The first-order valence-corrected chi connectivity index (χ1v) is 7.09. The van der Waals surface area contributed by atoms with E-state index in [-0.39, 0.29) is 19.2 Å². The van der Waals surface area contributed by atoms with Gasteiger partial charge in [-0.15, -0.1) is 0 Å². The number of hydrogen-bond donors (Lipinski definition) is 5. The summed E-state index contributed by atoms with van der Waals surface area (Å²) in [5.74, 6) is 0.976. The molecule has 0 aliphatic carbocycles. The number of nitrogens with zero attached hydrogens (tertiary/aromatic N) is 2. The molecule has 0 fully saturated rings. The minimum Gasteiger partial charge on any atom is -0.395 e. The van der Waals surface area contributed by atoms with Crippen molar-refractivity contribution >= 4 is 17.5 Å². The maximum atomic E-state index is 11.3. The van der Waals surface area contributed by atoms with Gasteiger partial charge in [0.1, 0.15) is 5.82 Å². The van der Waals surface area contributed by atoms with Crippen molar-refractivity contribution in [1.29, 1.82) is 0 Å². The summed E-state index contributed by atoms with van der Waals surface area (Å²) in [5, 5.41) is 26.3. The lowest BCUT2D eigenvalue weighted by Crippen LogP contribution is -2.24. The molecule has 0 aliphatic rings. The highest BCUT2D eigenvalue weighted by molar-refractivity contribution is 5.89. The summed E-state index contributed by atoms with van der Waals surface area (Å²) in [5.41, 5.74) is 1.86. The number of anilines is 2. The summed E-state index contributed by atoms with van der Waals surface area (Å²) in [7, 11) is 1.54. The number of urea groups is 1. The Hall–Kier alpha value is -2.71. The molecule has 0 atom stereocenters. The van der Waals surface area contributed by atoms with Gasteiger partial charge in [0.25, 0.3) is 0 Å². The first-order valence-electron chi connectivity index (χ1n) is 7.09. The zero-order valence-electron chi connectivity index (χ0n) is 12.7. The Morgan fingerprint density at radius 2 is 1.91 bits per heavy atom. The maximum Gasteiger partial charge on any atom is 0.318 e. The van der Waals surface area contributed by atoms with E-state index < -0.39 is 0 Å². The number of aromatic nitrogens is 2. The Balaban J connectivity index is 2.24. The predicted molar refractivity (Wildman–Crippen MR) is 87.0 cm³/mol. The predicted octanol–water partition coefficient (Wildman–Crippen LogP) is 0.791. The Morgan fingerprint density at radius 3 is 2.52 bits per heavy atom. The molecule has 0 bridgehead atoms. The van der Waals surface area contributed by atoms with Crippen LogP contribution in [0.15, 0.2) is 30.3 Å². The third-order valence-corrected chi connectivity index (χ3v) is 2.99. The van der Waals surface area contributed by atoms with Crippen LogP contribution < -0.4 is 16.0 Å². The lowest BCUT2D eigenvalue weighted by atomic mass is 10.2. The number of nitrogens with one attached hydrogen (secondary N) is 3. The zero-order valence-corrected chi connectivity index (χ0v) is 12.7. The largest absolute Gasteiger partial charge is 0.395 e. The van der Waals surface area contributed by atoms with Crippen LogP contribution in [0.2, 0.25) is 0 Å². The van der Waals surface area contributed by atoms with Crippen molar-refractivity contribution in [3.63, 3.8) is 0 Å². The topological polar surface area (TPSA) is 119 Å². The molecule has 2 aromatic rings. The molecule has 5 N–H and O–H groups in total. The molecule has 1 heterocycles. The molecule has 8 heteroatoms. The number of aliphatic hydroxyl groups excluding tert-OH is 2. The van der Waals surface area contributed by atoms with E-state index in [1.54, 1.807) is 37.4 Å². The molecule has 0 unspecified atom stereocenters. The average Bonchev–Trinajstić information content (AvgIpc) is 2.60. The molecule has 122 valence electrons. The molecule has 0 saturated carbocycles. The number of carbonyl (C=O) groups is 1. The molecule has 23 heavy (non-hydrogen) atoms. The van der Waals surface area contributed by atoms with E-state index in [0.717, 1.165) is 5.56 Å². The van der Waals surface area contributed by atoms with E-state index in [9.17, 15) is 9.90 Å². The third-order valence-electron chi connectivity index (χ3n) is 2.99. The van der Waals surface area contributed by atoms with Gasteiger partial charge in [-0.05, 0) is 24.3 Å². The lowest BCUT2D eigenvalue weighted by molar-refractivity contribution is 0.254. The van der Waals surface area contributed by atoms with E-state index in [1.807, 2.05) is 0 Å². The third kappa shape index (κ3) is 4.63. The van der Waals surface area contributed by atoms with Crippen LogP contribution in [0.25, 0.3) is 11.4 Å². The van der Waals surface area contributed by atoms with Gasteiger partial charge < -0.3 is 26.2 Å². The quantitative estimate of drug-likeness (QED) is 0.537. The Labute approximate surface area is 133 Å². The van der Waals surface area contributed by atoms with Crippen LogP contribution in [0.4, 0.5) is 16.3 Å². The molecule has 0 aliphatic heterocycles. The molecule has 0 spiro atoms. The smallest absolute Gasteiger partial charge is 0.318 e. The number of benzene rings is 1. The number of rotatable bonds is 6. The van der Waals surface area contributed by atoms with Crippen LogP contribution in [0.1, 0.15) is 5.69 Å². The van der Waals surface area contributed by atoms with Gasteiger partial charge in [-0.25, -0.2) is 14.8 Å². The molecule has 0 radical (unpaired) electrons. The highest BCUT2D eigenvalue weighted by Crippen LogP contribution is 2.20. The fraction of sp³-hybridized carbons (Fsp3) is 0.267. The SMILES string of the molecule is CNC(=O)Nc1ccc(-c2nc(CO)cc(NCCO)n2)cc1. The summed E-state index contributed by atoms with van der Waals surface area (Å²) in [4.78, 5) is 19.9. The summed E-state index contributed by atoms with van der Waals surface area (Å²) in [6, 6.07) is 8.35. The summed E-state index contributed by atoms with van der Waals surface area (Å²) in [6.45, 7) is 0.129. The van der Waals surface area contributed by atoms with Gasteiger partial charge in [0.2, 0.25) is 0 Å². The monoisotopic (exact) mass is 317 g/mol. The van der Waals surface area contributed by atoms with Crippen LogP contribution in [-0.4, -0.2) is 46.4 Å². The van der Waals surface area contributed by atoms with Crippen molar-refractivity contribution in [2.45, 2.75) is 6.61 Å². The molecule has 1 aromatic carbocycles. The second kappa shape index (κ2) is 8.06. The van der Waals surface area contributed by atoms with Gasteiger partial charge in [0, 0.05) is 30.9 Å². The van der Waals surface area contributed by atoms with Crippen LogP contribution in [0, 0.1) is 0 Å². The van der Waals surface area contributed by atoms with Crippen molar-refractivity contribution in [1.82, 2.24) is 15.3 Å². The van der Waals surface area contributed by atoms with Crippen LogP contribution in [0.3, 0.4) is 0 Å².